The Labute approximate surface area is 155 Å². The number of nitrogens with one attached hydrogen (secondary N) is 3. The van der Waals surface area contributed by atoms with Crippen LogP contribution in [0.1, 0.15) is 24.8 Å². The first-order chi connectivity index (χ1) is 11.7. The minimum Gasteiger partial charge on any atom is -0.384 e. The summed E-state index contributed by atoms with van der Waals surface area (Å²) in [5, 5.41) is 7.72. The Morgan fingerprint density at radius 1 is 1.28 bits per heavy atom. The Balaban J connectivity index is 0.00000225. The van der Waals surface area contributed by atoms with Gasteiger partial charge in [-0.05, 0) is 50.4 Å². The van der Waals surface area contributed by atoms with Crippen LogP contribution >= 0.6 is 12.4 Å². The van der Waals surface area contributed by atoms with Gasteiger partial charge in [-0.3, -0.25) is 4.79 Å². The van der Waals surface area contributed by atoms with E-state index in [9.17, 15) is 4.79 Å². The normalized spacial score (nSPS) is 16.4. The van der Waals surface area contributed by atoms with Crippen molar-refractivity contribution in [2.75, 3.05) is 33.4 Å². The molecule has 0 saturated carbocycles. The van der Waals surface area contributed by atoms with Crippen molar-refractivity contribution in [3.05, 3.63) is 36.0 Å². The molecule has 1 aromatic carbocycles. The van der Waals surface area contributed by atoms with Gasteiger partial charge in [0.15, 0.2) is 0 Å². The Bertz CT molecular complexity index is 675. The van der Waals surface area contributed by atoms with Crippen LogP contribution in [0.3, 0.4) is 0 Å². The number of hydrogen-bond donors (Lipinski definition) is 3. The molecule has 25 heavy (non-hydrogen) atoms. The quantitative estimate of drug-likeness (QED) is 0.661. The SMILES string of the molecule is COCC1(C(=O)NCCCc2c[nH]c3ccccc23)CCNCC1.Cl. The fourth-order valence-electron chi connectivity index (χ4n) is 3.63. The van der Waals surface area contributed by atoms with E-state index in [2.05, 4.69) is 40.0 Å². The van der Waals surface area contributed by atoms with Crippen molar-refractivity contribution < 1.29 is 9.53 Å². The van der Waals surface area contributed by atoms with Crippen LogP contribution in [0.25, 0.3) is 10.9 Å². The van der Waals surface area contributed by atoms with Gasteiger partial charge in [0.2, 0.25) is 5.91 Å². The zero-order valence-corrected chi connectivity index (χ0v) is 15.6. The number of aromatic nitrogens is 1. The number of H-pyrrole nitrogens is 1. The number of piperidine rings is 1. The molecule has 2 aromatic rings. The van der Waals surface area contributed by atoms with E-state index in [0.717, 1.165) is 38.8 Å². The maximum atomic E-state index is 12.7. The third-order valence-electron chi connectivity index (χ3n) is 5.05. The van der Waals surface area contributed by atoms with Gasteiger partial charge < -0.3 is 20.4 Å². The molecular weight excluding hydrogens is 338 g/mol. The number of benzene rings is 1. The van der Waals surface area contributed by atoms with Crippen LogP contribution in [0, 0.1) is 5.41 Å². The number of halogens is 1. The summed E-state index contributed by atoms with van der Waals surface area (Å²) in [5.74, 6) is 0.143. The van der Waals surface area contributed by atoms with Crippen molar-refractivity contribution in [3.63, 3.8) is 0 Å². The molecule has 6 heteroatoms. The van der Waals surface area contributed by atoms with E-state index in [-0.39, 0.29) is 23.7 Å². The molecule has 5 nitrogen and oxygen atoms in total. The second kappa shape index (κ2) is 9.22. The van der Waals surface area contributed by atoms with Crippen molar-refractivity contribution in [1.82, 2.24) is 15.6 Å². The summed E-state index contributed by atoms with van der Waals surface area (Å²) in [5.41, 5.74) is 2.12. The van der Waals surface area contributed by atoms with Gasteiger partial charge in [0.05, 0.1) is 12.0 Å². The van der Waals surface area contributed by atoms with Crippen LogP contribution in [0.15, 0.2) is 30.5 Å². The van der Waals surface area contributed by atoms with E-state index in [1.165, 1.54) is 16.5 Å². The van der Waals surface area contributed by atoms with Crippen LogP contribution < -0.4 is 10.6 Å². The van der Waals surface area contributed by atoms with Crippen molar-refractivity contribution in [2.24, 2.45) is 5.41 Å². The second-order valence-corrected chi connectivity index (χ2v) is 6.68. The molecule has 0 bridgehead atoms. The fraction of sp³-hybridized carbons (Fsp3) is 0.526. The summed E-state index contributed by atoms with van der Waals surface area (Å²) in [7, 11) is 1.67. The highest BCUT2D eigenvalue weighted by molar-refractivity contribution is 5.85. The highest BCUT2D eigenvalue weighted by Gasteiger charge is 2.39. The molecule has 138 valence electrons. The number of methoxy groups -OCH3 is 1. The molecule has 1 amide bonds. The lowest BCUT2D eigenvalue weighted by Gasteiger charge is -2.35. The number of fused-ring (bicyclic) bond motifs is 1. The van der Waals surface area contributed by atoms with Crippen LogP contribution in [0.4, 0.5) is 0 Å². The zero-order valence-electron chi connectivity index (χ0n) is 14.8. The van der Waals surface area contributed by atoms with E-state index in [1.54, 1.807) is 7.11 Å². The van der Waals surface area contributed by atoms with Crippen LogP contribution in [0.5, 0.6) is 0 Å². The predicted octanol–water partition coefficient (Wildman–Crippen LogP) is 2.65. The van der Waals surface area contributed by atoms with Crippen molar-refractivity contribution in [2.45, 2.75) is 25.7 Å². The van der Waals surface area contributed by atoms with E-state index in [1.807, 2.05) is 6.07 Å². The molecule has 0 radical (unpaired) electrons. The summed E-state index contributed by atoms with van der Waals surface area (Å²) >= 11 is 0. The largest absolute Gasteiger partial charge is 0.384 e. The highest BCUT2D eigenvalue weighted by Crippen LogP contribution is 2.29. The summed E-state index contributed by atoms with van der Waals surface area (Å²) < 4.78 is 5.33. The first kappa shape index (κ1) is 19.8. The molecule has 1 aromatic heterocycles. The van der Waals surface area contributed by atoms with Gasteiger partial charge in [0, 0.05) is 30.8 Å². The Kier molecular flexibility index (Phi) is 7.29. The molecule has 0 aliphatic carbocycles. The minimum atomic E-state index is -0.360. The lowest BCUT2D eigenvalue weighted by molar-refractivity contribution is -0.136. The molecule has 3 rings (SSSR count). The number of carbonyl (C=O) groups excluding carboxylic acids is 1. The molecule has 1 fully saturated rings. The highest BCUT2D eigenvalue weighted by atomic mass is 35.5. The number of aryl methyl sites for hydroxylation is 1. The lowest BCUT2D eigenvalue weighted by Crippen LogP contribution is -2.50. The van der Waals surface area contributed by atoms with Crippen LogP contribution in [-0.2, 0) is 16.0 Å². The van der Waals surface area contributed by atoms with Crippen molar-refractivity contribution in [3.8, 4) is 0 Å². The predicted molar refractivity (Wildman–Crippen MR) is 103 cm³/mol. The van der Waals surface area contributed by atoms with Crippen molar-refractivity contribution >= 4 is 29.2 Å². The molecule has 0 spiro atoms. The third-order valence-corrected chi connectivity index (χ3v) is 5.05. The van der Waals surface area contributed by atoms with Gasteiger partial charge in [0.1, 0.15) is 0 Å². The smallest absolute Gasteiger partial charge is 0.228 e. The molecule has 3 N–H and O–H groups in total. The van der Waals surface area contributed by atoms with E-state index >= 15 is 0 Å². The molecule has 2 heterocycles. The Morgan fingerprint density at radius 2 is 2.04 bits per heavy atom. The summed E-state index contributed by atoms with van der Waals surface area (Å²) in [6, 6.07) is 8.33. The number of aromatic amines is 1. The standard InChI is InChI=1S/C19H27N3O2.ClH/c1-24-14-19(8-11-20-12-9-19)18(23)21-10-4-5-15-13-22-17-7-3-2-6-16(15)17;/h2-3,6-7,13,20,22H,4-5,8-12,14H2,1H3,(H,21,23);1H. The number of rotatable bonds is 7. The summed E-state index contributed by atoms with van der Waals surface area (Å²) in [6.07, 6.45) is 5.66. The zero-order chi connectivity index (χ0) is 16.8. The average Bonchev–Trinajstić information content (AvgIpc) is 3.03. The van der Waals surface area contributed by atoms with Gasteiger partial charge in [-0.15, -0.1) is 12.4 Å². The number of carbonyl (C=O) groups is 1. The average molecular weight is 366 g/mol. The maximum absolute atomic E-state index is 12.7. The summed E-state index contributed by atoms with van der Waals surface area (Å²) in [6.45, 7) is 2.97. The summed E-state index contributed by atoms with van der Waals surface area (Å²) in [4.78, 5) is 16.0. The third kappa shape index (κ3) is 4.54. The van der Waals surface area contributed by atoms with Crippen LogP contribution in [0.2, 0.25) is 0 Å². The van der Waals surface area contributed by atoms with Gasteiger partial charge in [-0.2, -0.15) is 0 Å². The molecule has 0 unspecified atom stereocenters. The second-order valence-electron chi connectivity index (χ2n) is 6.68. The Morgan fingerprint density at radius 3 is 2.80 bits per heavy atom. The molecule has 1 aliphatic rings. The van der Waals surface area contributed by atoms with E-state index in [0.29, 0.717) is 13.2 Å². The van der Waals surface area contributed by atoms with E-state index in [4.69, 9.17) is 4.74 Å². The van der Waals surface area contributed by atoms with Gasteiger partial charge in [-0.1, -0.05) is 18.2 Å². The Hall–Kier alpha value is -1.56. The monoisotopic (exact) mass is 365 g/mol. The fourth-order valence-corrected chi connectivity index (χ4v) is 3.63. The molecule has 0 atom stereocenters. The topological polar surface area (TPSA) is 66.1 Å². The first-order valence-electron chi connectivity index (χ1n) is 8.78. The van der Waals surface area contributed by atoms with Gasteiger partial charge in [0.25, 0.3) is 0 Å². The lowest BCUT2D eigenvalue weighted by atomic mass is 9.78. The van der Waals surface area contributed by atoms with Crippen molar-refractivity contribution in [1.29, 1.82) is 0 Å². The maximum Gasteiger partial charge on any atom is 0.228 e. The van der Waals surface area contributed by atoms with Gasteiger partial charge in [-0.25, -0.2) is 0 Å². The molecule has 1 saturated heterocycles. The number of ether oxygens (including phenoxy) is 1. The molecular formula is C19H28ClN3O2. The van der Waals surface area contributed by atoms with Gasteiger partial charge >= 0.3 is 0 Å². The number of hydrogen-bond acceptors (Lipinski definition) is 3. The first-order valence-corrected chi connectivity index (χ1v) is 8.78. The number of para-hydroxylation sites is 1. The minimum absolute atomic E-state index is 0. The molecule has 1 aliphatic heterocycles. The van der Waals surface area contributed by atoms with Crippen LogP contribution in [-0.4, -0.2) is 44.2 Å². The number of amides is 1. The van der Waals surface area contributed by atoms with E-state index < -0.39 is 0 Å².